The molecule has 7 heteroatoms. The van der Waals surface area contributed by atoms with Gasteiger partial charge < -0.3 is 10.5 Å². The molecule has 0 bridgehead atoms. The molecule has 3 rings (SSSR count). The highest BCUT2D eigenvalue weighted by Crippen LogP contribution is 2.29. The fourth-order valence-electron chi connectivity index (χ4n) is 2.10. The van der Waals surface area contributed by atoms with E-state index in [1.807, 2.05) is 0 Å². The summed E-state index contributed by atoms with van der Waals surface area (Å²) < 4.78 is 19.4. The Morgan fingerprint density at radius 1 is 1.42 bits per heavy atom. The number of carbonyl (C=O) groups excluding carboxylic acids is 1. The Hall–Kier alpha value is -2.70. The van der Waals surface area contributed by atoms with E-state index < -0.39 is 11.8 Å². The van der Waals surface area contributed by atoms with Crippen LogP contribution in [0.2, 0.25) is 0 Å². The van der Waals surface area contributed by atoms with Gasteiger partial charge in [0.2, 0.25) is 0 Å². The van der Waals surface area contributed by atoms with Crippen molar-refractivity contribution in [3.05, 3.63) is 35.8 Å². The maximum absolute atomic E-state index is 13.4. The SMILES string of the molecule is COC(=O)c1c(N)n2nncc2c2cc(F)ccc12. The minimum Gasteiger partial charge on any atom is -0.465 e. The molecule has 1 aromatic carbocycles. The van der Waals surface area contributed by atoms with Gasteiger partial charge >= 0.3 is 5.97 Å². The van der Waals surface area contributed by atoms with E-state index in [-0.39, 0.29) is 11.4 Å². The van der Waals surface area contributed by atoms with Gasteiger partial charge in [0, 0.05) is 10.8 Å². The van der Waals surface area contributed by atoms with Crippen LogP contribution in [0.4, 0.5) is 10.2 Å². The van der Waals surface area contributed by atoms with Gasteiger partial charge in [-0.2, -0.15) is 4.52 Å². The Balaban J connectivity index is 2.57. The van der Waals surface area contributed by atoms with Gasteiger partial charge in [-0.3, -0.25) is 0 Å². The maximum Gasteiger partial charge on any atom is 0.342 e. The summed E-state index contributed by atoms with van der Waals surface area (Å²) in [5.74, 6) is -0.916. The fraction of sp³-hybridized carbons (Fsp3) is 0.0833. The Labute approximate surface area is 106 Å². The molecule has 6 nitrogen and oxygen atoms in total. The number of nitrogen functional groups attached to an aromatic ring is 1. The fourth-order valence-corrected chi connectivity index (χ4v) is 2.10. The Kier molecular flexibility index (Phi) is 2.34. The number of anilines is 1. The Morgan fingerprint density at radius 3 is 2.95 bits per heavy atom. The number of fused-ring (bicyclic) bond motifs is 3. The highest BCUT2D eigenvalue weighted by atomic mass is 19.1. The molecular weight excluding hydrogens is 251 g/mol. The quantitative estimate of drug-likeness (QED) is 0.668. The van der Waals surface area contributed by atoms with Gasteiger partial charge in [-0.1, -0.05) is 11.3 Å². The van der Waals surface area contributed by atoms with Gasteiger partial charge in [0.05, 0.1) is 18.8 Å². The third kappa shape index (κ3) is 1.51. The molecule has 0 atom stereocenters. The number of benzene rings is 1. The summed E-state index contributed by atoms with van der Waals surface area (Å²) >= 11 is 0. The van der Waals surface area contributed by atoms with Crippen LogP contribution in [0.3, 0.4) is 0 Å². The molecule has 0 aliphatic heterocycles. The standard InChI is InChI=1S/C12H9FN4O2/c1-19-12(18)10-7-3-2-6(13)4-8(7)9-5-15-16-17(9)11(10)14/h2-5H,14H2,1H3. The first-order chi connectivity index (χ1) is 9.13. The molecule has 19 heavy (non-hydrogen) atoms. The van der Waals surface area contributed by atoms with Gasteiger partial charge in [0.15, 0.2) is 0 Å². The van der Waals surface area contributed by atoms with E-state index in [4.69, 9.17) is 10.5 Å². The van der Waals surface area contributed by atoms with Crippen LogP contribution in [-0.4, -0.2) is 27.9 Å². The number of aromatic nitrogens is 3. The average Bonchev–Trinajstić information content (AvgIpc) is 2.89. The maximum atomic E-state index is 13.4. The van der Waals surface area contributed by atoms with Gasteiger partial charge in [0.1, 0.15) is 17.2 Å². The first kappa shape index (κ1) is 11.4. The molecule has 2 N–H and O–H groups in total. The summed E-state index contributed by atoms with van der Waals surface area (Å²) in [5.41, 5.74) is 6.59. The first-order valence-electron chi connectivity index (χ1n) is 5.43. The van der Waals surface area contributed by atoms with Gasteiger partial charge in [-0.25, -0.2) is 9.18 Å². The molecule has 0 fully saturated rings. The molecule has 2 aromatic heterocycles. The van der Waals surface area contributed by atoms with E-state index in [9.17, 15) is 9.18 Å². The lowest BCUT2D eigenvalue weighted by Crippen LogP contribution is -2.11. The molecule has 0 aliphatic carbocycles. The normalized spacial score (nSPS) is 11.1. The smallest absolute Gasteiger partial charge is 0.342 e. The molecule has 0 saturated heterocycles. The zero-order chi connectivity index (χ0) is 13.6. The van der Waals surface area contributed by atoms with Crippen molar-refractivity contribution < 1.29 is 13.9 Å². The number of carbonyl (C=O) groups is 1. The number of methoxy groups -OCH3 is 1. The van der Waals surface area contributed by atoms with Crippen molar-refractivity contribution in [3.8, 4) is 0 Å². The number of esters is 1. The van der Waals surface area contributed by atoms with E-state index >= 15 is 0 Å². The summed E-state index contributed by atoms with van der Waals surface area (Å²) in [6, 6.07) is 4.05. The lowest BCUT2D eigenvalue weighted by molar-refractivity contribution is 0.0603. The van der Waals surface area contributed by atoms with Gasteiger partial charge in [-0.05, 0) is 12.1 Å². The van der Waals surface area contributed by atoms with E-state index in [1.54, 1.807) is 0 Å². The van der Waals surface area contributed by atoms with E-state index in [2.05, 4.69) is 10.3 Å². The predicted molar refractivity (Wildman–Crippen MR) is 66.2 cm³/mol. The largest absolute Gasteiger partial charge is 0.465 e. The monoisotopic (exact) mass is 260 g/mol. The van der Waals surface area contributed by atoms with Crippen molar-refractivity contribution in [1.29, 1.82) is 0 Å². The van der Waals surface area contributed by atoms with Crippen molar-refractivity contribution in [1.82, 2.24) is 14.8 Å². The number of hydrogen-bond donors (Lipinski definition) is 1. The van der Waals surface area contributed by atoms with Crippen LogP contribution in [0.5, 0.6) is 0 Å². The highest BCUT2D eigenvalue weighted by molar-refractivity contribution is 6.12. The number of nitrogens with zero attached hydrogens (tertiary/aromatic N) is 3. The summed E-state index contributed by atoms with van der Waals surface area (Å²) in [5, 5.41) is 8.51. The van der Waals surface area contributed by atoms with Crippen LogP contribution >= 0.6 is 0 Å². The van der Waals surface area contributed by atoms with Gasteiger partial charge in [-0.15, -0.1) is 5.10 Å². The number of halogens is 1. The molecule has 0 unspecified atom stereocenters. The average molecular weight is 260 g/mol. The summed E-state index contributed by atoms with van der Waals surface area (Å²) in [6.45, 7) is 0. The summed E-state index contributed by atoms with van der Waals surface area (Å²) in [6.07, 6.45) is 1.46. The third-order valence-electron chi connectivity index (χ3n) is 2.95. The number of nitrogens with two attached hydrogens (primary N) is 1. The van der Waals surface area contributed by atoms with E-state index in [1.165, 1.54) is 36.0 Å². The van der Waals surface area contributed by atoms with Crippen molar-refractivity contribution in [3.63, 3.8) is 0 Å². The van der Waals surface area contributed by atoms with Crippen LogP contribution < -0.4 is 5.73 Å². The van der Waals surface area contributed by atoms with E-state index in [0.717, 1.165) is 0 Å². The summed E-state index contributed by atoms with van der Waals surface area (Å²) in [4.78, 5) is 11.8. The van der Waals surface area contributed by atoms with E-state index in [0.29, 0.717) is 16.3 Å². The minimum atomic E-state index is -0.605. The second kappa shape index (κ2) is 3.91. The zero-order valence-corrected chi connectivity index (χ0v) is 9.92. The number of hydrogen-bond acceptors (Lipinski definition) is 5. The number of ether oxygens (including phenoxy) is 1. The highest BCUT2D eigenvalue weighted by Gasteiger charge is 2.20. The van der Waals surface area contributed by atoms with Crippen LogP contribution in [0.1, 0.15) is 10.4 Å². The van der Waals surface area contributed by atoms with Gasteiger partial charge in [0.25, 0.3) is 0 Å². The molecular formula is C12H9FN4O2. The van der Waals surface area contributed by atoms with Crippen molar-refractivity contribution in [2.24, 2.45) is 0 Å². The lowest BCUT2D eigenvalue weighted by Gasteiger charge is -2.10. The van der Waals surface area contributed by atoms with Crippen LogP contribution in [0.25, 0.3) is 16.3 Å². The molecule has 0 radical (unpaired) electrons. The molecule has 3 aromatic rings. The minimum absolute atomic E-state index is 0.110. The van der Waals surface area contributed by atoms with Crippen molar-refractivity contribution in [2.45, 2.75) is 0 Å². The molecule has 0 amide bonds. The zero-order valence-electron chi connectivity index (χ0n) is 9.92. The van der Waals surface area contributed by atoms with Crippen LogP contribution in [0.15, 0.2) is 24.4 Å². The lowest BCUT2D eigenvalue weighted by atomic mass is 10.1. The summed E-state index contributed by atoms with van der Waals surface area (Å²) in [7, 11) is 1.25. The molecule has 0 saturated carbocycles. The topological polar surface area (TPSA) is 82.5 Å². The van der Waals surface area contributed by atoms with Crippen molar-refractivity contribution >= 4 is 28.1 Å². The molecule has 0 aliphatic rings. The first-order valence-corrected chi connectivity index (χ1v) is 5.43. The predicted octanol–water partition coefficient (Wildman–Crippen LogP) is 1.39. The molecule has 0 spiro atoms. The molecule has 2 heterocycles. The van der Waals surface area contributed by atoms with Crippen LogP contribution in [0, 0.1) is 5.82 Å². The van der Waals surface area contributed by atoms with Crippen molar-refractivity contribution in [2.75, 3.05) is 12.8 Å². The second-order valence-corrected chi connectivity index (χ2v) is 3.97. The Morgan fingerprint density at radius 2 is 2.21 bits per heavy atom. The number of pyridine rings is 1. The van der Waals surface area contributed by atoms with Crippen LogP contribution in [-0.2, 0) is 4.74 Å². The Bertz CT molecular complexity index is 812. The number of rotatable bonds is 1. The third-order valence-corrected chi connectivity index (χ3v) is 2.95. The molecule has 96 valence electrons. The second-order valence-electron chi connectivity index (χ2n) is 3.97.